The zero-order valence-corrected chi connectivity index (χ0v) is 13.3. The molecule has 5 heteroatoms. The Kier molecular flexibility index (Phi) is 4.17. The molecule has 1 heterocycles. The molecule has 3 rings (SSSR count). The second-order valence-corrected chi connectivity index (χ2v) is 5.77. The van der Waals surface area contributed by atoms with E-state index in [1.54, 1.807) is 24.4 Å². The van der Waals surface area contributed by atoms with Gasteiger partial charge in [0.1, 0.15) is 12.4 Å². The van der Waals surface area contributed by atoms with Crippen molar-refractivity contribution in [3.8, 4) is 5.75 Å². The van der Waals surface area contributed by atoms with Gasteiger partial charge in [0.15, 0.2) is 0 Å². The van der Waals surface area contributed by atoms with Crippen molar-refractivity contribution in [2.45, 2.75) is 13.5 Å². The number of nitrogens with zero attached hydrogens (tertiary/aromatic N) is 1. The Labute approximate surface area is 138 Å². The molecule has 0 aliphatic heterocycles. The zero-order valence-electron chi connectivity index (χ0n) is 12.5. The molecule has 0 saturated carbocycles. The lowest BCUT2D eigenvalue weighted by Gasteiger charge is -2.10. The lowest BCUT2D eigenvalue weighted by molar-refractivity contribution is 0.0996. The summed E-state index contributed by atoms with van der Waals surface area (Å²) in [6, 6.07) is 12.8. The average Bonchev–Trinajstić information content (AvgIpc) is 2.52. The minimum Gasteiger partial charge on any atom is -0.488 e. The van der Waals surface area contributed by atoms with Crippen LogP contribution < -0.4 is 10.5 Å². The van der Waals surface area contributed by atoms with Gasteiger partial charge < -0.3 is 10.5 Å². The molecule has 2 aromatic carbocycles. The predicted octanol–water partition coefficient (Wildman–Crippen LogP) is 3.87. The van der Waals surface area contributed by atoms with Crippen LogP contribution in [0.15, 0.2) is 48.7 Å². The lowest BCUT2D eigenvalue weighted by Crippen LogP contribution is -2.13. The van der Waals surface area contributed by atoms with Crippen LogP contribution in [-0.2, 0) is 6.61 Å². The number of nitrogens with two attached hydrogens (primary N) is 1. The Bertz CT molecular complexity index is 893. The lowest BCUT2D eigenvalue weighted by atomic mass is 10.1. The number of hydrogen-bond donors (Lipinski definition) is 1. The van der Waals surface area contributed by atoms with E-state index in [0.717, 1.165) is 16.5 Å². The fraction of sp³-hybridized carbons (Fsp3) is 0.111. The molecule has 0 radical (unpaired) electrons. The van der Waals surface area contributed by atoms with Crippen molar-refractivity contribution < 1.29 is 9.53 Å². The maximum Gasteiger partial charge on any atom is 0.252 e. The molecule has 23 heavy (non-hydrogen) atoms. The number of rotatable bonds is 4. The number of aryl methyl sites for hydroxylation is 1. The summed E-state index contributed by atoms with van der Waals surface area (Å²) in [7, 11) is 0. The third-order valence-corrected chi connectivity index (χ3v) is 3.73. The van der Waals surface area contributed by atoms with Crippen molar-refractivity contribution in [3.63, 3.8) is 0 Å². The fourth-order valence-corrected chi connectivity index (χ4v) is 2.52. The van der Waals surface area contributed by atoms with E-state index in [4.69, 9.17) is 22.1 Å². The second kappa shape index (κ2) is 6.26. The van der Waals surface area contributed by atoms with Gasteiger partial charge in [-0.1, -0.05) is 23.2 Å². The van der Waals surface area contributed by atoms with Crippen molar-refractivity contribution in [2.75, 3.05) is 0 Å². The van der Waals surface area contributed by atoms with Crippen LogP contribution >= 0.6 is 11.6 Å². The number of carbonyl (C=O) groups excluding carboxylic acids is 1. The van der Waals surface area contributed by atoms with Crippen LogP contribution in [0.25, 0.3) is 10.9 Å². The van der Waals surface area contributed by atoms with E-state index >= 15 is 0 Å². The van der Waals surface area contributed by atoms with Gasteiger partial charge in [-0.15, -0.1) is 0 Å². The van der Waals surface area contributed by atoms with Gasteiger partial charge in [-0.25, -0.2) is 0 Å². The first-order valence-electron chi connectivity index (χ1n) is 7.10. The maximum absolute atomic E-state index is 11.4. The van der Waals surface area contributed by atoms with Gasteiger partial charge >= 0.3 is 0 Å². The smallest absolute Gasteiger partial charge is 0.252 e. The molecular formula is C18H15ClN2O2. The molecule has 3 aromatic rings. The molecule has 0 aliphatic carbocycles. The van der Waals surface area contributed by atoms with E-state index in [1.165, 1.54) is 5.56 Å². The Morgan fingerprint density at radius 3 is 2.83 bits per heavy atom. The molecule has 1 amide bonds. The molecule has 0 unspecified atom stereocenters. The average molecular weight is 327 g/mol. The van der Waals surface area contributed by atoms with Crippen molar-refractivity contribution in [1.82, 2.24) is 4.98 Å². The molecule has 116 valence electrons. The molecule has 1 aromatic heterocycles. The summed E-state index contributed by atoms with van der Waals surface area (Å²) in [5, 5.41) is 1.53. The molecule has 0 aliphatic rings. The van der Waals surface area contributed by atoms with Crippen LogP contribution in [-0.4, -0.2) is 10.9 Å². The van der Waals surface area contributed by atoms with Crippen LogP contribution in [0, 0.1) is 6.92 Å². The normalized spacial score (nSPS) is 10.7. The van der Waals surface area contributed by atoms with Crippen molar-refractivity contribution in [3.05, 3.63) is 70.4 Å². The summed E-state index contributed by atoms with van der Waals surface area (Å²) in [6.45, 7) is 2.31. The minimum atomic E-state index is -0.552. The van der Waals surface area contributed by atoms with E-state index in [9.17, 15) is 4.79 Å². The van der Waals surface area contributed by atoms with Gasteiger partial charge in [-0.05, 0) is 43.3 Å². The second-order valence-electron chi connectivity index (χ2n) is 5.33. The van der Waals surface area contributed by atoms with Gasteiger partial charge in [0.05, 0.1) is 11.1 Å². The van der Waals surface area contributed by atoms with Gasteiger partial charge in [0.2, 0.25) is 0 Å². The first-order valence-corrected chi connectivity index (χ1v) is 7.48. The number of ether oxygens (including phenoxy) is 1. The third kappa shape index (κ3) is 3.43. The highest BCUT2D eigenvalue weighted by atomic mass is 35.5. The Morgan fingerprint density at radius 1 is 1.22 bits per heavy atom. The molecule has 4 nitrogen and oxygen atoms in total. The number of halogens is 1. The summed E-state index contributed by atoms with van der Waals surface area (Å²) in [5.41, 5.74) is 8.66. The molecule has 0 bridgehead atoms. The topological polar surface area (TPSA) is 65.2 Å². The van der Waals surface area contributed by atoms with E-state index in [-0.39, 0.29) is 6.61 Å². The van der Waals surface area contributed by atoms with Crippen LogP contribution in [0.5, 0.6) is 5.75 Å². The number of pyridine rings is 1. The summed E-state index contributed by atoms with van der Waals surface area (Å²) in [6.07, 6.45) is 1.76. The molecule has 0 atom stereocenters. The Morgan fingerprint density at radius 2 is 2.04 bits per heavy atom. The summed E-state index contributed by atoms with van der Waals surface area (Å²) in [5.74, 6) is -0.182. The molecule has 2 N–H and O–H groups in total. The highest BCUT2D eigenvalue weighted by Gasteiger charge is 2.10. The molecule has 0 saturated heterocycles. The monoisotopic (exact) mass is 326 g/mol. The van der Waals surface area contributed by atoms with Gasteiger partial charge in [0.25, 0.3) is 5.91 Å². The minimum absolute atomic E-state index is 0.275. The van der Waals surface area contributed by atoms with E-state index in [0.29, 0.717) is 16.3 Å². The number of carbonyl (C=O) groups is 1. The van der Waals surface area contributed by atoms with Crippen LogP contribution in [0.4, 0.5) is 0 Å². The molecule has 0 spiro atoms. The molecule has 0 fully saturated rings. The van der Waals surface area contributed by atoms with E-state index < -0.39 is 5.91 Å². The first kappa shape index (κ1) is 15.3. The highest BCUT2D eigenvalue weighted by molar-refractivity contribution is 6.30. The van der Waals surface area contributed by atoms with Crippen LogP contribution in [0.3, 0.4) is 0 Å². The highest BCUT2D eigenvalue weighted by Crippen LogP contribution is 2.24. The van der Waals surface area contributed by atoms with Crippen molar-refractivity contribution in [2.24, 2.45) is 5.73 Å². The third-order valence-electron chi connectivity index (χ3n) is 3.50. The number of benzene rings is 2. The largest absolute Gasteiger partial charge is 0.488 e. The SMILES string of the molecule is Cc1ccc2ncc(COc3cc(Cl)ccc3C(N)=O)cc2c1. The van der Waals surface area contributed by atoms with Gasteiger partial charge in [-0.2, -0.15) is 0 Å². The molecular weight excluding hydrogens is 312 g/mol. The van der Waals surface area contributed by atoms with E-state index in [1.807, 2.05) is 25.1 Å². The number of fused-ring (bicyclic) bond motifs is 1. The summed E-state index contributed by atoms with van der Waals surface area (Å²) < 4.78 is 5.72. The standard InChI is InChI=1S/C18H15ClN2O2/c1-11-2-5-16-13(6-11)7-12(9-21-16)10-23-17-8-14(19)3-4-15(17)18(20)22/h2-9H,10H2,1H3,(H2,20,22). The van der Waals surface area contributed by atoms with E-state index in [2.05, 4.69) is 11.1 Å². The first-order chi connectivity index (χ1) is 11.0. The zero-order chi connectivity index (χ0) is 16.4. The van der Waals surface area contributed by atoms with Gasteiger partial charge in [-0.3, -0.25) is 9.78 Å². The predicted molar refractivity (Wildman–Crippen MR) is 90.8 cm³/mol. The maximum atomic E-state index is 11.4. The number of primary amides is 1. The van der Waals surface area contributed by atoms with Gasteiger partial charge in [0, 0.05) is 22.2 Å². The summed E-state index contributed by atoms with van der Waals surface area (Å²) >= 11 is 5.95. The van der Waals surface area contributed by atoms with Crippen LogP contribution in [0.1, 0.15) is 21.5 Å². The van der Waals surface area contributed by atoms with Crippen LogP contribution in [0.2, 0.25) is 5.02 Å². The summed E-state index contributed by atoms with van der Waals surface area (Å²) in [4.78, 5) is 15.9. The quantitative estimate of drug-likeness (QED) is 0.791. The Balaban J connectivity index is 1.86. The Hall–Kier alpha value is -2.59. The van der Waals surface area contributed by atoms with Crippen molar-refractivity contribution in [1.29, 1.82) is 0 Å². The number of amides is 1. The van der Waals surface area contributed by atoms with Crippen molar-refractivity contribution >= 4 is 28.4 Å². The number of hydrogen-bond acceptors (Lipinski definition) is 3. The number of aromatic nitrogens is 1. The fourth-order valence-electron chi connectivity index (χ4n) is 2.36.